The summed E-state index contributed by atoms with van der Waals surface area (Å²) in [5, 5.41) is 0. The highest BCUT2D eigenvalue weighted by Gasteiger charge is 2.20. The van der Waals surface area contributed by atoms with Crippen LogP contribution in [0.3, 0.4) is 0 Å². The van der Waals surface area contributed by atoms with Gasteiger partial charge in [-0.25, -0.2) is 13.1 Å². The molecule has 1 unspecified atom stereocenters. The Morgan fingerprint density at radius 1 is 1.38 bits per heavy atom. The van der Waals surface area contributed by atoms with Crippen molar-refractivity contribution in [3.8, 4) is 0 Å². The van der Waals surface area contributed by atoms with E-state index < -0.39 is 10.0 Å². The van der Waals surface area contributed by atoms with Gasteiger partial charge in [0.2, 0.25) is 10.0 Å². The smallest absolute Gasteiger partial charge is 0.240 e. The third kappa shape index (κ3) is 4.03. The largest absolute Gasteiger partial charge is 0.381 e. The highest BCUT2D eigenvalue weighted by molar-refractivity contribution is 7.89. The average molecular weight is 312 g/mol. The normalized spacial score (nSPS) is 19.1. The second kappa shape index (κ2) is 6.87. The Bertz CT molecular complexity index is 593. The standard InChI is InChI=1S/C15H24N2O3S/c1-11-7-14(9-16)8-15(12(11)2)21(18,19)17-5-3-13-4-6-20-10-13/h7-8,13,17H,3-6,9-10,16H2,1-2H3. The predicted molar refractivity (Wildman–Crippen MR) is 82.5 cm³/mol. The zero-order chi connectivity index (χ0) is 15.5. The van der Waals surface area contributed by atoms with Gasteiger partial charge in [0.1, 0.15) is 0 Å². The van der Waals surface area contributed by atoms with Crippen molar-refractivity contribution in [1.82, 2.24) is 4.72 Å². The van der Waals surface area contributed by atoms with Crippen LogP contribution in [-0.4, -0.2) is 28.2 Å². The van der Waals surface area contributed by atoms with Gasteiger partial charge < -0.3 is 10.5 Å². The molecule has 0 aromatic heterocycles. The summed E-state index contributed by atoms with van der Waals surface area (Å²) in [7, 11) is -3.48. The number of nitrogens with one attached hydrogen (secondary N) is 1. The van der Waals surface area contributed by atoms with Gasteiger partial charge in [0, 0.05) is 26.3 Å². The highest BCUT2D eigenvalue weighted by Crippen LogP contribution is 2.21. The molecule has 3 N–H and O–H groups in total. The van der Waals surface area contributed by atoms with Crippen LogP contribution >= 0.6 is 0 Å². The minimum atomic E-state index is -3.48. The van der Waals surface area contributed by atoms with Crippen LogP contribution in [-0.2, 0) is 21.3 Å². The first kappa shape index (κ1) is 16.4. The quantitative estimate of drug-likeness (QED) is 0.833. The van der Waals surface area contributed by atoms with E-state index >= 15 is 0 Å². The third-order valence-corrected chi connectivity index (χ3v) is 5.66. The van der Waals surface area contributed by atoms with Gasteiger partial charge >= 0.3 is 0 Å². The molecule has 0 aliphatic carbocycles. The molecule has 0 amide bonds. The van der Waals surface area contributed by atoms with Gasteiger partial charge in [-0.15, -0.1) is 0 Å². The molecule has 1 aromatic rings. The second-order valence-corrected chi connectivity index (χ2v) is 7.39. The van der Waals surface area contributed by atoms with Crippen molar-refractivity contribution >= 4 is 10.0 Å². The number of rotatable bonds is 6. The number of sulfonamides is 1. The first-order valence-corrected chi connectivity index (χ1v) is 8.80. The number of aryl methyl sites for hydroxylation is 1. The SMILES string of the molecule is Cc1cc(CN)cc(S(=O)(=O)NCCC2CCOC2)c1C. The fraction of sp³-hybridized carbons (Fsp3) is 0.600. The molecule has 118 valence electrons. The Hall–Kier alpha value is -0.950. The summed E-state index contributed by atoms with van der Waals surface area (Å²) in [6.07, 6.45) is 1.83. The summed E-state index contributed by atoms with van der Waals surface area (Å²) < 4.78 is 32.9. The number of nitrogens with two attached hydrogens (primary N) is 1. The van der Waals surface area contributed by atoms with Gasteiger partial charge in [-0.1, -0.05) is 6.07 Å². The van der Waals surface area contributed by atoms with Crippen molar-refractivity contribution < 1.29 is 13.2 Å². The Morgan fingerprint density at radius 3 is 2.76 bits per heavy atom. The van der Waals surface area contributed by atoms with Gasteiger partial charge in [0.05, 0.1) is 4.90 Å². The van der Waals surface area contributed by atoms with Crippen LogP contribution in [0, 0.1) is 19.8 Å². The maximum Gasteiger partial charge on any atom is 0.240 e. The maximum absolute atomic E-state index is 12.5. The lowest BCUT2D eigenvalue weighted by molar-refractivity contribution is 0.184. The Labute approximate surface area is 126 Å². The molecule has 1 aliphatic rings. The molecule has 0 spiro atoms. The van der Waals surface area contributed by atoms with E-state index in [1.807, 2.05) is 19.9 Å². The number of ether oxygens (including phenoxy) is 1. The summed E-state index contributed by atoms with van der Waals surface area (Å²) >= 11 is 0. The Morgan fingerprint density at radius 2 is 2.14 bits per heavy atom. The number of hydrogen-bond donors (Lipinski definition) is 2. The summed E-state index contributed by atoms with van der Waals surface area (Å²) in [5.41, 5.74) is 8.20. The molecule has 1 aliphatic heterocycles. The molecular weight excluding hydrogens is 288 g/mol. The molecule has 5 nitrogen and oxygen atoms in total. The lowest BCUT2D eigenvalue weighted by Gasteiger charge is -2.14. The van der Waals surface area contributed by atoms with Crippen molar-refractivity contribution in [2.45, 2.75) is 38.1 Å². The minimum Gasteiger partial charge on any atom is -0.381 e. The van der Waals surface area contributed by atoms with Crippen molar-refractivity contribution in [2.75, 3.05) is 19.8 Å². The van der Waals surface area contributed by atoms with E-state index in [0.717, 1.165) is 42.7 Å². The van der Waals surface area contributed by atoms with Crippen molar-refractivity contribution in [1.29, 1.82) is 0 Å². The van der Waals surface area contributed by atoms with E-state index in [2.05, 4.69) is 4.72 Å². The first-order chi connectivity index (χ1) is 9.94. The fourth-order valence-corrected chi connectivity index (χ4v) is 3.99. The molecule has 1 saturated heterocycles. The van der Waals surface area contributed by atoms with Crippen LogP contribution in [0.1, 0.15) is 29.5 Å². The molecule has 1 atom stereocenters. The van der Waals surface area contributed by atoms with Gasteiger partial charge in [0.15, 0.2) is 0 Å². The van der Waals surface area contributed by atoms with E-state index in [4.69, 9.17) is 10.5 Å². The minimum absolute atomic E-state index is 0.336. The molecule has 6 heteroatoms. The van der Waals surface area contributed by atoms with E-state index in [9.17, 15) is 8.42 Å². The van der Waals surface area contributed by atoms with Crippen LogP contribution in [0.15, 0.2) is 17.0 Å². The summed E-state index contributed by atoms with van der Waals surface area (Å²) in [4.78, 5) is 0.339. The average Bonchev–Trinajstić information content (AvgIpc) is 2.94. The summed E-state index contributed by atoms with van der Waals surface area (Å²) in [5.74, 6) is 0.464. The lowest BCUT2D eigenvalue weighted by atomic mass is 10.1. The van der Waals surface area contributed by atoms with E-state index in [0.29, 0.717) is 23.9 Å². The van der Waals surface area contributed by atoms with Gasteiger partial charge in [-0.2, -0.15) is 0 Å². The maximum atomic E-state index is 12.5. The zero-order valence-corrected chi connectivity index (χ0v) is 13.5. The molecular formula is C15H24N2O3S. The molecule has 0 radical (unpaired) electrons. The van der Waals surface area contributed by atoms with E-state index in [-0.39, 0.29) is 0 Å². The molecule has 0 bridgehead atoms. The molecule has 21 heavy (non-hydrogen) atoms. The van der Waals surface area contributed by atoms with Crippen LogP contribution in [0.5, 0.6) is 0 Å². The van der Waals surface area contributed by atoms with E-state index in [1.54, 1.807) is 6.07 Å². The summed E-state index contributed by atoms with van der Waals surface area (Å²) in [6, 6.07) is 3.60. The van der Waals surface area contributed by atoms with Crippen molar-refractivity contribution in [3.05, 3.63) is 28.8 Å². The fourth-order valence-electron chi connectivity index (χ4n) is 2.58. The topological polar surface area (TPSA) is 81.4 Å². The van der Waals surface area contributed by atoms with Crippen LogP contribution in [0.2, 0.25) is 0 Å². The van der Waals surface area contributed by atoms with Crippen LogP contribution in [0.4, 0.5) is 0 Å². The van der Waals surface area contributed by atoms with Gasteiger partial charge in [-0.05, 0) is 55.4 Å². The van der Waals surface area contributed by atoms with Crippen molar-refractivity contribution in [2.24, 2.45) is 11.7 Å². The third-order valence-electron chi connectivity index (χ3n) is 4.07. The second-order valence-electron chi connectivity index (χ2n) is 5.66. The first-order valence-electron chi connectivity index (χ1n) is 7.31. The summed E-state index contributed by atoms with van der Waals surface area (Å²) in [6.45, 7) is 6.04. The Kier molecular flexibility index (Phi) is 5.37. The molecule has 1 fully saturated rings. The predicted octanol–water partition coefficient (Wildman–Crippen LogP) is 1.47. The lowest BCUT2D eigenvalue weighted by Crippen LogP contribution is -2.27. The van der Waals surface area contributed by atoms with E-state index in [1.165, 1.54) is 0 Å². The van der Waals surface area contributed by atoms with Gasteiger partial charge in [-0.3, -0.25) is 0 Å². The molecule has 1 heterocycles. The number of hydrogen-bond acceptors (Lipinski definition) is 4. The van der Waals surface area contributed by atoms with Crippen molar-refractivity contribution in [3.63, 3.8) is 0 Å². The van der Waals surface area contributed by atoms with Crippen LogP contribution in [0.25, 0.3) is 0 Å². The molecule has 1 aromatic carbocycles. The Balaban J connectivity index is 2.09. The molecule has 0 saturated carbocycles. The monoisotopic (exact) mass is 312 g/mol. The molecule has 2 rings (SSSR count). The highest BCUT2D eigenvalue weighted by atomic mass is 32.2. The zero-order valence-electron chi connectivity index (χ0n) is 12.7. The number of benzene rings is 1. The van der Waals surface area contributed by atoms with Gasteiger partial charge in [0.25, 0.3) is 0 Å². The van der Waals surface area contributed by atoms with Crippen LogP contribution < -0.4 is 10.5 Å².